The molecule has 0 aliphatic carbocycles. The molecule has 1 saturated heterocycles. The van der Waals surface area contributed by atoms with E-state index in [1.165, 1.54) is 31.7 Å². The summed E-state index contributed by atoms with van der Waals surface area (Å²) in [5, 5.41) is 0. The summed E-state index contributed by atoms with van der Waals surface area (Å²) in [7, 11) is 0. The molecule has 1 fully saturated rings. The fourth-order valence-corrected chi connectivity index (χ4v) is 3.86. The van der Waals surface area contributed by atoms with Crippen molar-refractivity contribution in [1.82, 2.24) is 4.90 Å². The molecule has 0 amide bonds. The Bertz CT molecular complexity index is 206. The summed E-state index contributed by atoms with van der Waals surface area (Å²) >= 11 is 2.09. The molecule has 0 aromatic heterocycles. The second kappa shape index (κ2) is 6.27. The lowest BCUT2D eigenvalue weighted by Crippen LogP contribution is -2.53. The minimum absolute atomic E-state index is 0.400. The predicted molar refractivity (Wildman–Crippen MR) is 75.0 cm³/mol. The summed E-state index contributed by atoms with van der Waals surface area (Å²) in [6.45, 7) is 12.5. The molecule has 1 rings (SSSR count). The lowest BCUT2D eigenvalue weighted by molar-refractivity contribution is 0.141. The Morgan fingerprint density at radius 3 is 2.62 bits per heavy atom. The van der Waals surface area contributed by atoms with Gasteiger partial charge in [-0.25, -0.2) is 0 Å². The molecule has 1 aliphatic rings. The van der Waals surface area contributed by atoms with Crippen LogP contribution in [0.4, 0.5) is 0 Å². The molecule has 96 valence electrons. The van der Waals surface area contributed by atoms with E-state index >= 15 is 0 Å². The van der Waals surface area contributed by atoms with Crippen molar-refractivity contribution in [3.63, 3.8) is 0 Å². The molecule has 2 nitrogen and oxygen atoms in total. The van der Waals surface area contributed by atoms with Crippen molar-refractivity contribution in [2.75, 3.05) is 25.4 Å². The summed E-state index contributed by atoms with van der Waals surface area (Å²) in [4.78, 5) is 2.62. The van der Waals surface area contributed by atoms with E-state index in [9.17, 15) is 0 Å². The van der Waals surface area contributed by atoms with Gasteiger partial charge in [-0.1, -0.05) is 20.3 Å². The molecule has 0 radical (unpaired) electrons. The van der Waals surface area contributed by atoms with E-state index < -0.39 is 0 Å². The van der Waals surface area contributed by atoms with Crippen LogP contribution in [0.2, 0.25) is 0 Å². The van der Waals surface area contributed by atoms with Crippen LogP contribution < -0.4 is 5.73 Å². The van der Waals surface area contributed by atoms with Gasteiger partial charge in [-0.2, -0.15) is 11.8 Å². The normalized spacial score (nSPS) is 25.3. The van der Waals surface area contributed by atoms with Crippen molar-refractivity contribution < 1.29 is 0 Å². The predicted octanol–water partition coefficient (Wildman–Crippen LogP) is 2.58. The molecular formula is C13H28N2S. The molecule has 2 N–H and O–H groups in total. The fourth-order valence-electron chi connectivity index (χ4n) is 2.73. The third-order valence-corrected chi connectivity index (χ3v) is 4.86. The van der Waals surface area contributed by atoms with Crippen molar-refractivity contribution in [3.05, 3.63) is 0 Å². The third-order valence-electron chi connectivity index (χ3n) is 3.57. The van der Waals surface area contributed by atoms with Crippen LogP contribution in [0.3, 0.4) is 0 Å². The first-order valence-electron chi connectivity index (χ1n) is 6.58. The fraction of sp³-hybridized carbons (Fsp3) is 1.00. The third kappa shape index (κ3) is 3.94. The maximum Gasteiger partial charge on any atom is 0.0244 e. The number of nitrogens with zero attached hydrogens (tertiary/aromatic N) is 1. The van der Waals surface area contributed by atoms with E-state index in [2.05, 4.69) is 44.4 Å². The maximum absolute atomic E-state index is 5.97. The lowest BCUT2D eigenvalue weighted by atomic mass is 9.94. The Hall–Kier alpha value is 0.270. The highest BCUT2D eigenvalue weighted by atomic mass is 32.2. The standard InChI is InChI=1S/C13H28N2S/c1-5-6-11(2)12(9-14)15-7-8-16-13(3,4)10-15/h11-12H,5-10,14H2,1-4H3. The summed E-state index contributed by atoms with van der Waals surface area (Å²) < 4.78 is 0.400. The minimum atomic E-state index is 0.400. The summed E-state index contributed by atoms with van der Waals surface area (Å²) in [5.74, 6) is 1.98. The molecule has 0 saturated carbocycles. The Balaban J connectivity index is 2.58. The van der Waals surface area contributed by atoms with Gasteiger partial charge in [0.2, 0.25) is 0 Å². The molecule has 0 aromatic rings. The van der Waals surface area contributed by atoms with Crippen molar-refractivity contribution >= 4 is 11.8 Å². The van der Waals surface area contributed by atoms with Gasteiger partial charge >= 0.3 is 0 Å². The van der Waals surface area contributed by atoms with Crippen LogP contribution >= 0.6 is 11.8 Å². The first-order chi connectivity index (χ1) is 7.50. The van der Waals surface area contributed by atoms with Gasteiger partial charge in [-0.05, 0) is 26.2 Å². The van der Waals surface area contributed by atoms with Crippen LogP contribution in [0.1, 0.15) is 40.5 Å². The van der Waals surface area contributed by atoms with Crippen LogP contribution in [-0.4, -0.2) is 41.1 Å². The molecule has 3 heteroatoms. The molecule has 1 aliphatic heterocycles. The van der Waals surface area contributed by atoms with Gasteiger partial charge in [0, 0.05) is 36.2 Å². The first-order valence-corrected chi connectivity index (χ1v) is 7.57. The molecule has 0 spiro atoms. The highest BCUT2D eigenvalue weighted by Crippen LogP contribution is 2.31. The second-order valence-corrected chi connectivity index (χ2v) is 7.45. The van der Waals surface area contributed by atoms with Crippen molar-refractivity contribution in [2.24, 2.45) is 11.7 Å². The van der Waals surface area contributed by atoms with Crippen LogP contribution in [0, 0.1) is 5.92 Å². The highest BCUT2D eigenvalue weighted by molar-refractivity contribution is 8.00. The summed E-state index contributed by atoms with van der Waals surface area (Å²) in [6.07, 6.45) is 2.57. The highest BCUT2D eigenvalue weighted by Gasteiger charge is 2.32. The minimum Gasteiger partial charge on any atom is -0.329 e. The van der Waals surface area contributed by atoms with Crippen LogP contribution in [0.5, 0.6) is 0 Å². The zero-order valence-corrected chi connectivity index (χ0v) is 12.1. The topological polar surface area (TPSA) is 29.3 Å². The monoisotopic (exact) mass is 244 g/mol. The lowest BCUT2D eigenvalue weighted by Gasteiger charge is -2.43. The average molecular weight is 244 g/mol. The number of thioether (sulfide) groups is 1. The molecule has 2 atom stereocenters. The molecule has 2 unspecified atom stereocenters. The molecule has 0 bridgehead atoms. The SMILES string of the molecule is CCCC(C)C(CN)N1CCSC(C)(C)C1. The number of nitrogens with two attached hydrogens (primary N) is 1. The van der Waals surface area contributed by atoms with Gasteiger partial charge in [0.15, 0.2) is 0 Å². The molecule has 16 heavy (non-hydrogen) atoms. The Labute approximate surface area is 105 Å². The maximum atomic E-state index is 5.97. The van der Waals surface area contributed by atoms with Gasteiger partial charge in [0.05, 0.1) is 0 Å². The Kier molecular flexibility index (Phi) is 5.62. The number of rotatable bonds is 5. The van der Waals surface area contributed by atoms with Gasteiger partial charge in [-0.15, -0.1) is 0 Å². The molecule has 0 aromatic carbocycles. The quantitative estimate of drug-likeness (QED) is 0.806. The number of hydrogen-bond donors (Lipinski definition) is 1. The van der Waals surface area contributed by atoms with E-state index in [4.69, 9.17) is 5.73 Å². The Morgan fingerprint density at radius 2 is 2.12 bits per heavy atom. The van der Waals surface area contributed by atoms with Crippen LogP contribution in [0.15, 0.2) is 0 Å². The largest absolute Gasteiger partial charge is 0.329 e. The summed E-state index contributed by atoms with van der Waals surface area (Å²) in [6, 6.07) is 0.583. The molecular weight excluding hydrogens is 216 g/mol. The number of hydrogen-bond acceptors (Lipinski definition) is 3. The van der Waals surface area contributed by atoms with Crippen molar-refractivity contribution in [3.8, 4) is 0 Å². The first kappa shape index (κ1) is 14.3. The van der Waals surface area contributed by atoms with E-state index in [0.717, 1.165) is 12.5 Å². The van der Waals surface area contributed by atoms with Crippen molar-refractivity contribution in [1.29, 1.82) is 0 Å². The van der Waals surface area contributed by atoms with E-state index in [1.54, 1.807) is 0 Å². The van der Waals surface area contributed by atoms with Gasteiger partial charge in [-0.3, -0.25) is 4.90 Å². The zero-order chi connectivity index (χ0) is 12.2. The van der Waals surface area contributed by atoms with Gasteiger partial charge in [0.1, 0.15) is 0 Å². The van der Waals surface area contributed by atoms with Crippen molar-refractivity contribution in [2.45, 2.75) is 51.3 Å². The summed E-state index contributed by atoms with van der Waals surface area (Å²) in [5.41, 5.74) is 5.97. The molecule has 1 heterocycles. The van der Waals surface area contributed by atoms with Crippen LogP contribution in [0.25, 0.3) is 0 Å². The van der Waals surface area contributed by atoms with E-state index in [1.807, 2.05) is 0 Å². The van der Waals surface area contributed by atoms with Crippen LogP contribution in [-0.2, 0) is 0 Å². The van der Waals surface area contributed by atoms with E-state index in [0.29, 0.717) is 10.8 Å². The van der Waals surface area contributed by atoms with Gasteiger partial charge < -0.3 is 5.73 Å². The second-order valence-electron chi connectivity index (χ2n) is 5.65. The van der Waals surface area contributed by atoms with Gasteiger partial charge in [0.25, 0.3) is 0 Å². The smallest absolute Gasteiger partial charge is 0.0244 e. The zero-order valence-electron chi connectivity index (χ0n) is 11.3. The average Bonchev–Trinajstić information content (AvgIpc) is 2.17. The van der Waals surface area contributed by atoms with E-state index in [-0.39, 0.29) is 0 Å². The Morgan fingerprint density at radius 1 is 1.44 bits per heavy atom.